The van der Waals surface area contributed by atoms with Crippen molar-refractivity contribution in [3.63, 3.8) is 0 Å². The fourth-order valence-electron chi connectivity index (χ4n) is 5.02. The Labute approximate surface area is 130 Å². The zero-order valence-electron chi connectivity index (χ0n) is 12.5. The lowest BCUT2D eigenvalue weighted by atomic mass is 9.63. The largest absolute Gasteiger partial charge is 0.399 e. The number of hydrogen-bond donors (Lipinski definition) is 1. The minimum atomic E-state index is -0.103. The lowest BCUT2D eigenvalue weighted by Gasteiger charge is -2.38. The number of allylic oxidation sites excluding steroid dienone is 2. The highest BCUT2D eigenvalue weighted by Gasteiger charge is 2.54. The topological polar surface area (TPSA) is 43.1 Å². The Morgan fingerprint density at radius 3 is 2.77 bits per heavy atom. The molecule has 3 aliphatic rings. The number of aryl methyl sites for hydroxylation is 1. The van der Waals surface area contributed by atoms with Crippen molar-refractivity contribution in [2.75, 3.05) is 5.73 Å². The predicted molar refractivity (Wildman–Crippen MR) is 88.8 cm³/mol. The van der Waals surface area contributed by atoms with Crippen molar-refractivity contribution in [2.45, 2.75) is 25.7 Å². The van der Waals surface area contributed by atoms with Crippen LogP contribution < -0.4 is 5.73 Å². The van der Waals surface area contributed by atoms with Gasteiger partial charge in [-0.3, -0.25) is 4.79 Å². The van der Waals surface area contributed by atoms with E-state index in [0.29, 0.717) is 17.6 Å². The lowest BCUT2D eigenvalue weighted by Crippen LogP contribution is -2.39. The summed E-state index contributed by atoms with van der Waals surface area (Å²) in [6.45, 7) is 0. The normalized spacial score (nSPS) is 32.1. The Morgan fingerprint density at radius 2 is 2.00 bits per heavy atom. The fraction of sp³-hybridized carbons (Fsp3) is 0.350. The van der Waals surface area contributed by atoms with Crippen molar-refractivity contribution < 1.29 is 4.79 Å². The molecule has 2 heteroatoms. The van der Waals surface area contributed by atoms with Gasteiger partial charge in [-0.2, -0.15) is 0 Å². The third kappa shape index (κ3) is 1.48. The van der Waals surface area contributed by atoms with E-state index in [1.807, 2.05) is 18.2 Å². The molecule has 2 aromatic rings. The molecule has 110 valence electrons. The quantitative estimate of drug-likeness (QED) is 0.585. The maximum absolute atomic E-state index is 13.3. The highest BCUT2D eigenvalue weighted by molar-refractivity contribution is 6.06. The van der Waals surface area contributed by atoms with Gasteiger partial charge in [0.1, 0.15) is 0 Å². The van der Waals surface area contributed by atoms with Crippen LogP contribution in [0.1, 0.15) is 35.2 Å². The number of ketones is 1. The van der Waals surface area contributed by atoms with Crippen LogP contribution in [0.2, 0.25) is 0 Å². The minimum Gasteiger partial charge on any atom is -0.399 e. The molecule has 0 radical (unpaired) electrons. The zero-order valence-corrected chi connectivity index (χ0v) is 12.5. The van der Waals surface area contributed by atoms with Crippen LogP contribution in [0.25, 0.3) is 10.8 Å². The molecule has 3 unspecified atom stereocenters. The monoisotopic (exact) mass is 289 g/mol. The Balaban J connectivity index is 1.67. The number of hydrogen-bond acceptors (Lipinski definition) is 2. The molecule has 0 aliphatic heterocycles. The Morgan fingerprint density at radius 1 is 1.09 bits per heavy atom. The molecule has 2 aromatic carbocycles. The van der Waals surface area contributed by atoms with E-state index in [0.717, 1.165) is 41.3 Å². The van der Waals surface area contributed by atoms with Crippen molar-refractivity contribution in [3.05, 3.63) is 53.6 Å². The van der Waals surface area contributed by atoms with Gasteiger partial charge in [0, 0.05) is 16.7 Å². The van der Waals surface area contributed by atoms with E-state index in [1.54, 1.807) is 0 Å². The van der Waals surface area contributed by atoms with Crippen molar-refractivity contribution in [1.29, 1.82) is 0 Å². The summed E-state index contributed by atoms with van der Waals surface area (Å²) in [4.78, 5) is 13.3. The summed E-state index contributed by atoms with van der Waals surface area (Å²) >= 11 is 0. The van der Waals surface area contributed by atoms with Crippen molar-refractivity contribution in [3.8, 4) is 0 Å². The summed E-state index contributed by atoms with van der Waals surface area (Å²) in [5.74, 6) is 1.50. The third-order valence-corrected chi connectivity index (χ3v) is 6.13. The summed E-state index contributed by atoms with van der Waals surface area (Å²) in [5.41, 5.74) is 8.74. The molecule has 0 heterocycles. The third-order valence-electron chi connectivity index (χ3n) is 6.13. The van der Waals surface area contributed by atoms with E-state index < -0.39 is 0 Å². The molecule has 2 nitrogen and oxygen atoms in total. The maximum Gasteiger partial charge on any atom is 0.169 e. The van der Waals surface area contributed by atoms with Gasteiger partial charge < -0.3 is 5.73 Å². The molecule has 1 fully saturated rings. The molecule has 1 saturated carbocycles. The number of fused-ring (bicyclic) bond motifs is 5. The average molecular weight is 289 g/mol. The van der Waals surface area contributed by atoms with E-state index >= 15 is 0 Å². The first-order chi connectivity index (χ1) is 10.7. The lowest BCUT2D eigenvalue weighted by molar-refractivity contribution is 0.0703. The predicted octanol–water partition coefficient (Wildman–Crippen LogP) is 4.13. The highest BCUT2D eigenvalue weighted by atomic mass is 16.1. The number of carbonyl (C=O) groups excluding carboxylic acids is 1. The van der Waals surface area contributed by atoms with Gasteiger partial charge in [-0.1, -0.05) is 24.3 Å². The first-order valence-corrected chi connectivity index (χ1v) is 8.21. The Kier molecular flexibility index (Phi) is 2.27. The van der Waals surface area contributed by atoms with Gasteiger partial charge in [0.25, 0.3) is 0 Å². The first kappa shape index (κ1) is 12.5. The number of Topliss-reactive ketones (excluding diaryl/α,β-unsaturated/α-hetero) is 1. The molecule has 2 bridgehead atoms. The van der Waals surface area contributed by atoms with Gasteiger partial charge in [-0.05, 0) is 72.1 Å². The van der Waals surface area contributed by atoms with Crippen molar-refractivity contribution >= 4 is 22.2 Å². The van der Waals surface area contributed by atoms with E-state index in [-0.39, 0.29) is 5.41 Å². The van der Waals surface area contributed by atoms with Gasteiger partial charge in [0.15, 0.2) is 5.78 Å². The summed E-state index contributed by atoms with van der Waals surface area (Å²) in [5, 5.41) is 2.27. The SMILES string of the molecule is Nc1ccc2cc3c(cc2c1)CCC1(CC2C=CC1C2)C3=O. The Hall–Kier alpha value is -2.09. The smallest absolute Gasteiger partial charge is 0.169 e. The number of nitrogen functional groups attached to an aromatic ring is 1. The summed E-state index contributed by atoms with van der Waals surface area (Å²) in [7, 11) is 0. The van der Waals surface area contributed by atoms with Crippen LogP contribution in [0.4, 0.5) is 5.69 Å². The van der Waals surface area contributed by atoms with Gasteiger partial charge in [-0.25, -0.2) is 0 Å². The van der Waals surface area contributed by atoms with Crippen LogP contribution in [-0.4, -0.2) is 5.78 Å². The van der Waals surface area contributed by atoms with Gasteiger partial charge in [-0.15, -0.1) is 0 Å². The summed E-state index contributed by atoms with van der Waals surface area (Å²) in [6.07, 6.45) is 8.90. The second kappa shape index (κ2) is 4.01. The van der Waals surface area contributed by atoms with Crippen LogP contribution in [-0.2, 0) is 6.42 Å². The second-order valence-corrected chi connectivity index (χ2v) is 7.29. The molecule has 0 aromatic heterocycles. The number of rotatable bonds is 0. The van der Waals surface area contributed by atoms with Gasteiger partial charge in [0.05, 0.1) is 0 Å². The molecule has 2 N–H and O–H groups in total. The Bertz CT molecular complexity index is 850. The summed E-state index contributed by atoms with van der Waals surface area (Å²) < 4.78 is 0. The van der Waals surface area contributed by atoms with E-state index in [1.165, 1.54) is 12.0 Å². The molecule has 1 spiro atoms. The van der Waals surface area contributed by atoms with Crippen molar-refractivity contribution in [2.24, 2.45) is 17.3 Å². The second-order valence-electron chi connectivity index (χ2n) is 7.29. The fourth-order valence-corrected chi connectivity index (χ4v) is 5.02. The summed E-state index contributed by atoms with van der Waals surface area (Å²) in [6, 6.07) is 10.2. The van der Waals surface area contributed by atoms with E-state index in [9.17, 15) is 4.79 Å². The van der Waals surface area contributed by atoms with E-state index in [2.05, 4.69) is 24.3 Å². The van der Waals surface area contributed by atoms with Crippen LogP contribution in [0, 0.1) is 17.3 Å². The molecular formula is C20H19NO. The molecule has 3 atom stereocenters. The van der Waals surface area contributed by atoms with Crippen LogP contribution in [0.15, 0.2) is 42.5 Å². The van der Waals surface area contributed by atoms with Gasteiger partial charge in [0.2, 0.25) is 0 Å². The first-order valence-electron chi connectivity index (χ1n) is 8.21. The molecule has 0 amide bonds. The number of nitrogens with two attached hydrogens (primary N) is 1. The van der Waals surface area contributed by atoms with Crippen molar-refractivity contribution in [1.82, 2.24) is 0 Å². The average Bonchev–Trinajstić information content (AvgIpc) is 3.11. The van der Waals surface area contributed by atoms with Crippen LogP contribution in [0.5, 0.6) is 0 Å². The minimum absolute atomic E-state index is 0.103. The van der Waals surface area contributed by atoms with E-state index in [4.69, 9.17) is 5.73 Å². The molecular weight excluding hydrogens is 270 g/mol. The molecule has 0 saturated heterocycles. The number of benzene rings is 2. The molecule has 22 heavy (non-hydrogen) atoms. The molecule has 3 aliphatic carbocycles. The van der Waals surface area contributed by atoms with Crippen LogP contribution >= 0.6 is 0 Å². The molecule has 5 rings (SSSR count). The number of anilines is 1. The highest BCUT2D eigenvalue weighted by Crippen LogP contribution is 2.57. The number of carbonyl (C=O) groups is 1. The van der Waals surface area contributed by atoms with Gasteiger partial charge >= 0.3 is 0 Å². The maximum atomic E-state index is 13.3. The van der Waals surface area contributed by atoms with Crippen LogP contribution in [0.3, 0.4) is 0 Å². The standard InChI is InChI=1S/C20H19NO/c21-17-4-2-13-10-18-14(8-15(13)9-17)5-6-20(19(18)22)11-12-1-3-16(20)7-12/h1-4,8-10,12,16H,5-7,11,21H2. The zero-order chi connectivity index (χ0) is 14.9.